The summed E-state index contributed by atoms with van der Waals surface area (Å²) in [5, 5.41) is 0. The van der Waals surface area contributed by atoms with E-state index in [0.29, 0.717) is 11.1 Å². The highest BCUT2D eigenvalue weighted by Crippen LogP contribution is 2.36. The van der Waals surface area contributed by atoms with Crippen molar-refractivity contribution in [1.82, 2.24) is 0 Å². The van der Waals surface area contributed by atoms with Gasteiger partial charge in [0, 0.05) is 20.1 Å². The molecule has 3 aromatic rings. The largest absolute Gasteiger partial charge is 0.298 e. The molecule has 3 rings (SSSR count). The monoisotopic (exact) mass is 554 g/mol. The topological polar surface area (TPSA) is 34.1 Å². The van der Waals surface area contributed by atoms with Crippen LogP contribution in [-0.4, -0.2) is 12.6 Å². The van der Waals surface area contributed by atoms with Crippen LogP contribution < -0.4 is 0 Å². The zero-order chi connectivity index (χ0) is 23.5. The number of halogens is 2. The maximum absolute atomic E-state index is 11.2. The second kappa shape index (κ2) is 9.84. The molecule has 0 amide bonds. The SMILES string of the molecule is CC(C)(Cc1cc(C=O)ccc1Br)c1cccc(C(C)(C)Cc2cc(C=O)ccc2Br)c1. The summed E-state index contributed by atoms with van der Waals surface area (Å²) in [7, 11) is 0. The third-order valence-electron chi connectivity index (χ3n) is 6.10. The molecule has 0 spiro atoms. The van der Waals surface area contributed by atoms with Crippen LogP contribution in [0.15, 0.2) is 69.6 Å². The first-order chi connectivity index (χ1) is 15.1. The van der Waals surface area contributed by atoms with Gasteiger partial charge in [0.05, 0.1) is 0 Å². The van der Waals surface area contributed by atoms with E-state index in [1.165, 1.54) is 11.1 Å². The average molecular weight is 556 g/mol. The van der Waals surface area contributed by atoms with Gasteiger partial charge in [-0.25, -0.2) is 0 Å². The van der Waals surface area contributed by atoms with Gasteiger partial charge in [0.25, 0.3) is 0 Å². The number of hydrogen-bond acceptors (Lipinski definition) is 2. The normalized spacial score (nSPS) is 11.9. The first-order valence-corrected chi connectivity index (χ1v) is 12.2. The summed E-state index contributed by atoms with van der Waals surface area (Å²) in [6.45, 7) is 8.96. The van der Waals surface area contributed by atoms with Gasteiger partial charge in [-0.2, -0.15) is 0 Å². The van der Waals surface area contributed by atoms with Gasteiger partial charge in [0.1, 0.15) is 12.6 Å². The van der Waals surface area contributed by atoms with Gasteiger partial charge in [0.15, 0.2) is 0 Å². The predicted octanol–water partition coefficient (Wildman–Crippen LogP) is 7.88. The summed E-state index contributed by atoms with van der Waals surface area (Å²) >= 11 is 7.28. The molecule has 0 aliphatic rings. The molecule has 0 heterocycles. The number of carbonyl (C=O) groups is 2. The molecule has 0 bridgehead atoms. The fourth-order valence-corrected chi connectivity index (χ4v) is 4.90. The maximum Gasteiger partial charge on any atom is 0.150 e. The molecule has 0 fully saturated rings. The van der Waals surface area contributed by atoms with E-state index in [0.717, 1.165) is 45.5 Å². The second-order valence-electron chi connectivity index (χ2n) is 9.64. The van der Waals surface area contributed by atoms with Crippen LogP contribution >= 0.6 is 31.9 Å². The summed E-state index contributed by atoms with van der Waals surface area (Å²) in [5.41, 5.74) is 5.91. The van der Waals surface area contributed by atoms with Crippen LogP contribution in [0.3, 0.4) is 0 Å². The van der Waals surface area contributed by atoms with E-state index in [1.807, 2.05) is 36.4 Å². The quantitative estimate of drug-likeness (QED) is 0.265. The van der Waals surface area contributed by atoms with Crippen LogP contribution in [0.2, 0.25) is 0 Å². The van der Waals surface area contributed by atoms with Crippen molar-refractivity contribution in [1.29, 1.82) is 0 Å². The Morgan fingerprint density at radius 2 is 1.06 bits per heavy atom. The standard InChI is InChI=1S/C28H28Br2O2/c1-27(2,15-21-12-19(17-31)8-10-25(21)29)23-6-5-7-24(14-23)28(3,4)16-22-13-20(18-32)9-11-26(22)30/h5-14,17-18H,15-16H2,1-4H3. The van der Waals surface area contributed by atoms with E-state index < -0.39 is 0 Å². The fraction of sp³-hybridized carbons (Fsp3) is 0.286. The van der Waals surface area contributed by atoms with E-state index in [9.17, 15) is 9.59 Å². The van der Waals surface area contributed by atoms with Crippen LogP contribution in [0.25, 0.3) is 0 Å². The van der Waals surface area contributed by atoms with Crippen LogP contribution in [0, 0.1) is 0 Å². The molecule has 32 heavy (non-hydrogen) atoms. The Hall–Kier alpha value is -2.04. The molecule has 0 atom stereocenters. The van der Waals surface area contributed by atoms with Gasteiger partial charge in [-0.1, -0.05) is 96.0 Å². The molecule has 4 heteroatoms. The molecule has 0 saturated heterocycles. The molecule has 0 aliphatic carbocycles. The van der Waals surface area contributed by atoms with Gasteiger partial charge in [-0.05, 0) is 70.2 Å². The molecule has 3 aromatic carbocycles. The van der Waals surface area contributed by atoms with Gasteiger partial charge < -0.3 is 0 Å². The van der Waals surface area contributed by atoms with Gasteiger partial charge in [-0.15, -0.1) is 0 Å². The van der Waals surface area contributed by atoms with E-state index >= 15 is 0 Å². The summed E-state index contributed by atoms with van der Waals surface area (Å²) in [5.74, 6) is 0. The third-order valence-corrected chi connectivity index (χ3v) is 7.65. The van der Waals surface area contributed by atoms with Crippen molar-refractivity contribution in [2.75, 3.05) is 0 Å². The second-order valence-corrected chi connectivity index (χ2v) is 11.3. The number of aldehydes is 2. The molecule has 0 radical (unpaired) electrons. The van der Waals surface area contributed by atoms with Crippen molar-refractivity contribution in [3.63, 3.8) is 0 Å². The minimum atomic E-state index is -0.117. The van der Waals surface area contributed by atoms with E-state index in [-0.39, 0.29) is 10.8 Å². The lowest BCUT2D eigenvalue weighted by Gasteiger charge is -2.31. The minimum Gasteiger partial charge on any atom is -0.298 e. The zero-order valence-corrected chi connectivity index (χ0v) is 22.1. The Balaban J connectivity index is 1.91. The summed E-state index contributed by atoms with van der Waals surface area (Å²) in [4.78, 5) is 22.5. The fourth-order valence-electron chi connectivity index (χ4n) is 4.12. The number of hydrogen-bond donors (Lipinski definition) is 0. The average Bonchev–Trinajstić information content (AvgIpc) is 2.76. The number of benzene rings is 3. The van der Waals surface area contributed by atoms with Crippen molar-refractivity contribution in [2.45, 2.75) is 51.4 Å². The van der Waals surface area contributed by atoms with E-state index in [1.54, 1.807) is 0 Å². The molecule has 2 nitrogen and oxygen atoms in total. The van der Waals surface area contributed by atoms with Crippen molar-refractivity contribution >= 4 is 44.4 Å². The maximum atomic E-state index is 11.2. The van der Waals surface area contributed by atoms with Crippen molar-refractivity contribution in [3.8, 4) is 0 Å². The first kappa shape index (κ1) is 24.6. The highest BCUT2D eigenvalue weighted by Gasteiger charge is 2.27. The molecule has 0 aromatic heterocycles. The smallest absolute Gasteiger partial charge is 0.150 e. The van der Waals surface area contributed by atoms with E-state index in [2.05, 4.69) is 83.8 Å². The third kappa shape index (κ3) is 5.65. The lowest BCUT2D eigenvalue weighted by Crippen LogP contribution is -2.24. The molecule has 0 saturated carbocycles. The van der Waals surface area contributed by atoms with E-state index in [4.69, 9.17) is 0 Å². The molecular formula is C28H28Br2O2. The molecule has 0 unspecified atom stereocenters. The van der Waals surface area contributed by atoms with Gasteiger partial charge in [0.2, 0.25) is 0 Å². The summed E-state index contributed by atoms with van der Waals surface area (Å²) < 4.78 is 2.04. The molecule has 0 aliphatic heterocycles. The highest BCUT2D eigenvalue weighted by molar-refractivity contribution is 9.10. The molecule has 0 N–H and O–H groups in total. The summed E-state index contributed by atoms with van der Waals surface area (Å²) in [6.07, 6.45) is 3.41. The van der Waals surface area contributed by atoms with Crippen LogP contribution in [0.4, 0.5) is 0 Å². The van der Waals surface area contributed by atoms with Crippen LogP contribution in [-0.2, 0) is 23.7 Å². The minimum absolute atomic E-state index is 0.117. The van der Waals surface area contributed by atoms with Crippen LogP contribution in [0.1, 0.15) is 70.7 Å². The van der Waals surface area contributed by atoms with Gasteiger partial charge in [-0.3, -0.25) is 9.59 Å². The van der Waals surface area contributed by atoms with Crippen LogP contribution in [0.5, 0.6) is 0 Å². The Bertz CT molecular complexity index is 1060. The Kier molecular flexibility index (Phi) is 7.57. The predicted molar refractivity (Wildman–Crippen MR) is 139 cm³/mol. The molecule has 166 valence electrons. The lowest BCUT2D eigenvalue weighted by atomic mass is 9.74. The van der Waals surface area contributed by atoms with Crippen molar-refractivity contribution in [2.24, 2.45) is 0 Å². The first-order valence-electron chi connectivity index (χ1n) is 10.6. The number of carbonyl (C=O) groups excluding carboxylic acids is 2. The lowest BCUT2D eigenvalue weighted by molar-refractivity contribution is 0.111. The van der Waals surface area contributed by atoms with Crippen molar-refractivity contribution in [3.05, 3.63) is 103 Å². The Morgan fingerprint density at radius 1 is 0.656 bits per heavy atom. The highest BCUT2D eigenvalue weighted by atomic mass is 79.9. The zero-order valence-electron chi connectivity index (χ0n) is 18.9. The Morgan fingerprint density at radius 3 is 1.44 bits per heavy atom. The Labute approximate surface area is 207 Å². The number of rotatable bonds is 8. The summed E-state index contributed by atoms with van der Waals surface area (Å²) in [6, 6.07) is 20.3. The van der Waals surface area contributed by atoms with Crippen molar-refractivity contribution < 1.29 is 9.59 Å². The van der Waals surface area contributed by atoms with Gasteiger partial charge >= 0.3 is 0 Å². The molecular weight excluding hydrogens is 528 g/mol.